The Morgan fingerprint density at radius 1 is 1.00 bits per heavy atom. The number of aryl methyl sites for hydroxylation is 1. The van der Waals surface area contributed by atoms with E-state index in [9.17, 15) is 9.59 Å². The fourth-order valence-electron chi connectivity index (χ4n) is 1.74. The lowest BCUT2D eigenvalue weighted by atomic mass is 10.1. The molecule has 0 radical (unpaired) electrons. The summed E-state index contributed by atoms with van der Waals surface area (Å²) in [4.78, 5) is 22.2. The summed E-state index contributed by atoms with van der Waals surface area (Å²) in [6.07, 6.45) is -0.0214. The molecule has 0 saturated carbocycles. The number of benzene rings is 2. The number of carboxylic acid groups (broad SMARTS) is 1. The van der Waals surface area contributed by atoms with E-state index in [0.717, 1.165) is 5.56 Å². The molecule has 2 rings (SSSR count). The van der Waals surface area contributed by atoms with Gasteiger partial charge in [-0.05, 0) is 36.2 Å². The lowest BCUT2D eigenvalue weighted by molar-refractivity contribution is -0.136. The highest BCUT2D eigenvalue weighted by molar-refractivity contribution is 5.86. The van der Waals surface area contributed by atoms with Crippen LogP contribution in [0.15, 0.2) is 54.6 Å². The topological polar surface area (TPSA) is 75.6 Å². The predicted molar refractivity (Wildman–Crippen MR) is 78.5 cm³/mol. The molecule has 0 bridgehead atoms. The van der Waals surface area contributed by atoms with Gasteiger partial charge in [0, 0.05) is 12.1 Å². The van der Waals surface area contributed by atoms with Crippen LogP contribution in [0, 0.1) is 0 Å². The van der Waals surface area contributed by atoms with E-state index in [0.29, 0.717) is 17.9 Å². The van der Waals surface area contributed by atoms with Gasteiger partial charge in [0.15, 0.2) is 0 Å². The number of rotatable bonds is 5. The average Bonchev–Trinajstić information content (AvgIpc) is 2.47. The van der Waals surface area contributed by atoms with Crippen LogP contribution in [-0.4, -0.2) is 17.2 Å². The van der Waals surface area contributed by atoms with Gasteiger partial charge in [-0.3, -0.25) is 10.1 Å². The normalized spacial score (nSPS) is 9.90. The summed E-state index contributed by atoms with van der Waals surface area (Å²) in [5, 5.41) is 11.2. The van der Waals surface area contributed by atoms with Crippen LogP contribution in [0.5, 0.6) is 5.75 Å². The van der Waals surface area contributed by atoms with Gasteiger partial charge in [0.25, 0.3) is 0 Å². The largest absolute Gasteiger partial charge is 0.481 e. The van der Waals surface area contributed by atoms with Gasteiger partial charge in [0.1, 0.15) is 5.75 Å². The Kier molecular flexibility index (Phi) is 4.93. The number of hydrogen-bond donors (Lipinski definition) is 2. The molecule has 21 heavy (non-hydrogen) atoms. The number of carboxylic acids is 1. The third-order valence-corrected chi connectivity index (χ3v) is 2.78. The number of carbonyl (C=O) groups is 2. The minimum atomic E-state index is -0.830. The van der Waals surface area contributed by atoms with Crippen LogP contribution in [-0.2, 0) is 11.2 Å². The monoisotopic (exact) mass is 285 g/mol. The molecule has 108 valence electrons. The second-order valence-electron chi connectivity index (χ2n) is 4.42. The zero-order chi connectivity index (χ0) is 15.1. The molecule has 0 atom stereocenters. The molecule has 0 fully saturated rings. The van der Waals surface area contributed by atoms with Crippen LogP contribution in [0.2, 0.25) is 0 Å². The molecule has 0 saturated heterocycles. The van der Waals surface area contributed by atoms with Gasteiger partial charge in [0.2, 0.25) is 0 Å². The SMILES string of the molecule is O=C(O)CCc1ccc(NC(=O)Oc2ccccc2)cc1. The van der Waals surface area contributed by atoms with E-state index in [-0.39, 0.29) is 6.42 Å². The number of amides is 1. The second-order valence-corrected chi connectivity index (χ2v) is 4.42. The Morgan fingerprint density at radius 3 is 2.29 bits per heavy atom. The van der Waals surface area contributed by atoms with Gasteiger partial charge < -0.3 is 9.84 Å². The van der Waals surface area contributed by atoms with Crippen molar-refractivity contribution < 1.29 is 19.4 Å². The Labute approximate surface area is 122 Å². The number of anilines is 1. The van der Waals surface area contributed by atoms with Crippen molar-refractivity contribution in [2.24, 2.45) is 0 Å². The van der Waals surface area contributed by atoms with Gasteiger partial charge in [-0.15, -0.1) is 0 Å². The van der Waals surface area contributed by atoms with Crippen LogP contribution in [0.4, 0.5) is 10.5 Å². The van der Waals surface area contributed by atoms with Gasteiger partial charge >= 0.3 is 12.1 Å². The van der Waals surface area contributed by atoms with Crippen molar-refractivity contribution >= 4 is 17.7 Å². The Morgan fingerprint density at radius 2 is 1.67 bits per heavy atom. The van der Waals surface area contributed by atoms with Crippen molar-refractivity contribution in [3.05, 3.63) is 60.2 Å². The third kappa shape index (κ3) is 4.99. The molecule has 0 unspecified atom stereocenters. The molecular formula is C16H15NO4. The highest BCUT2D eigenvalue weighted by atomic mass is 16.6. The van der Waals surface area contributed by atoms with Gasteiger partial charge in [-0.1, -0.05) is 30.3 Å². The maximum absolute atomic E-state index is 11.7. The highest BCUT2D eigenvalue weighted by Gasteiger charge is 2.05. The van der Waals surface area contributed by atoms with Gasteiger partial charge in [-0.2, -0.15) is 0 Å². The van der Waals surface area contributed by atoms with E-state index in [4.69, 9.17) is 9.84 Å². The molecule has 5 heteroatoms. The summed E-state index contributed by atoms with van der Waals surface area (Å²) in [6, 6.07) is 15.7. The summed E-state index contributed by atoms with van der Waals surface area (Å²) in [7, 11) is 0. The molecule has 0 aliphatic rings. The van der Waals surface area contributed by atoms with Gasteiger partial charge in [-0.25, -0.2) is 4.79 Å². The second kappa shape index (κ2) is 7.09. The molecule has 0 aliphatic carbocycles. The first kappa shape index (κ1) is 14.6. The van der Waals surface area contributed by atoms with Crippen LogP contribution < -0.4 is 10.1 Å². The highest BCUT2D eigenvalue weighted by Crippen LogP contribution is 2.13. The van der Waals surface area contributed by atoms with Crippen molar-refractivity contribution in [2.75, 3.05) is 5.32 Å². The molecule has 0 aromatic heterocycles. The molecular weight excluding hydrogens is 270 g/mol. The fraction of sp³-hybridized carbons (Fsp3) is 0.125. The van der Waals surface area contributed by atoms with Crippen molar-refractivity contribution in [1.82, 2.24) is 0 Å². The summed E-state index contributed by atoms with van der Waals surface area (Å²) in [5.41, 5.74) is 1.49. The zero-order valence-corrected chi connectivity index (χ0v) is 11.3. The van der Waals surface area contributed by atoms with Crippen molar-refractivity contribution in [2.45, 2.75) is 12.8 Å². The third-order valence-electron chi connectivity index (χ3n) is 2.78. The molecule has 2 aromatic carbocycles. The minimum Gasteiger partial charge on any atom is -0.481 e. The summed E-state index contributed by atoms with van der Waals surface area (Å²) >= 11 is 0. The van der Waals surface area contributed by atoms with Crippen molar-refractivity contribution in [1.29, 1.82) is 0 Å². The first-order valence-electron chi connectivity index (χ1n) is 6.48. The molecule has 0 aliphatic heterocycles. The quantitative estimate of drug-likeness (QED) is 0.883. The molecule has 5 nitrogen and oxygen atoms in total. The first-order chi connectivity index (χ1) is 10.1. The van der Waals surface area contributed by atoms with Crippen molar-refractivity contribution in [3.8, 4) is 5.75 Å². The minimum absolute atomic E-state index is 0.0861. The lowest BCUT2D eigenvalue weighted by Crippen LogP contribution is -2.16. The zero-order valence-electron chi connectivity index (χ0n) is 11.3. The number of aliphatic carboxylic acids is 1. The predicted octanol–water partition coefficient (Wildman–Crippen LogP) is 3.31. The maximum Gasteiger partial charge on any atom is 0.417 e. The number of nitrogens with one attached hydrogen (secondary N) is 1. The van der Waals surface area contributed by atoms with E-state index in [1.54, 1.807) is 48.5 Å². The summed E-state index contributed by atoms with van der Waals surface area (Å²) < 4.78 is 5.10. The molecule has 1 amide bonds. The Balaban J connectivity index is 1.88. The standard InChI is InChI=1S/C16H15NO4/c18-15(19)11-8-12-6-9-13(10-7-12)17-16(20)21-14-4-2-1-3-5-14/h1-7,9-10H,8,11H2,(H,17,20)(H,18,19). The number of carbonyl (C=O) groups excluding carboxylic acids is 1. The van der Waals surface area contributed by atoms with Crippen LogP contribution in [0.25, 0.3) is 0 Å². The van der Waals surface area contributed by atoms with E-state index in [2.05, 4.69) is 5.32 Å². The number of hydrogen-bond acceptors (Lipinski definition) is 3. The van der Waals surface area contributed by atoms with Crippen LogP contribution in [0.1, 0.15) is 12.0 Å². The van der Waals surface area contributed by atoms with Crippen LogP contribution in [0.3, 0.4) is 0 Å². The molecule has 0 heterocycles. The van der Waals surface area contributed by atoms with E-state index < -0.39 is 12.1 Å². The van der Waals surface area contributed by atoms with E-state index >= 15 is 0 Å². The summed E-state index contributed by atoms with van der Waals surface area (Å²) in [5.74, 6) is -0.364. The van der Waals surface area contributed by atoms with Crippen molar-refractivity contribution in [3.63, 3.8) is 0 Å². The van der Waals surface area contributed by atoms with E-state index in [1.807, 2.05) is 6.07 Å². The van der Waals surface area contributed by atoms with Crippen LogP contribution >= 0.6 is 0 Å². The number of ether oxygens (including phenoxy) is 1. The molecule has 2 aromatic rings. The first-order valence-corrected chi connectivity index (χ1v) is 6.48. The van der Waals surface area contributed by atoms with E-state index in [1.165, 1.54) is 0 Å². The lowest BCUT2D eigenvalue weighted by Gasteiger charge is -2.07. The maximum atomic E-state index is 11.7. The smallest absolute Gasteiger partial charge is 0.417 e. The Hall–Kier alpha value is -2.82. The average molecular weight is 285 g/mol. The molecule has 2 N–H and O–H groups in total. The fourth-order valence-corrected chi connectivity index (χ4v) is 1.74. The Bertz CT molecular complexity index is 608. The number of para-hydroxylation sites is 1. The summed E-state index contributed by atoms with van der Waals surface area (Å²) in [6.45, 7) is 0. The van der Waals surface area contributed by atoms with Gasteiger partial charge in [0.05, 0.1) is 0 Å². The molecule has 0 spiro atoms.